The van der Waals surface area contributed by atoms with Crippen LogP contribution in [0.2, 0.25) is 0 Å². The van der Waals surface area contributed by atoms with Crippen LogP contribution in [0.1, 0.15) is 10.4 Å². The van der Waals surface area contributed by atoms with Gasteiger partial charge in [0.25, 0.3) is 5.91 Å². The summed E-state index contributed by atoms with van der Waals surface area (Å²) in [5.74, 6) is -1.68. The molecule has 0 unspecified atom stereocenters. The fraction of sp³-hybridized carbons (Fsp3) is 0.250. The van der Waals surface area contributed by atoms with Gasteiger partial charge in [-0.2, -0.15) is 13.2 Å². The van der Waals surface area contributed by atoms with Gasteiger partial charge in [-0.15, -0.1) is 5.10 Å². The van der Waals surface area contributed by atoms with Crippen molar-refractivity contribution in [2.75, 3.05) is 13.1 Å². The number of rotatable bonds is 3. The summed E-state index contributed by atoms with van der Waals surface area (Å²) < 4.78 is 36.9. The number of carbonyl (C=O) groups excluding carboxylic acids is 2. The maximum Gasteiger partial charge on any atom is 0.408 e. The fourth-order valence-corrected chi connectivity index (χ4v) is 1.61. The molecule has 1 aromatic rings. The number of amides is 1. The van der Waals surface area contributed by atoms with Crippen molar-refractivity contribution in [3.8, 4) is 0 Å². The zero-order valence-corrected chi connectivity index (χ0v) is 10.1. The van der Waals surface area contributed by atoms with Crippen LogP contribution in [0.5, 0.6) is 0 Å². The van der Waals surface area contributed by atoms with Gasteiger partial charge >= 0.3 is 6.18 Å². The van der Waals surface area contributed by atoms with E-state index in [-0.39, 0.29) is 16.4 Å². The normalized spacial score (nSPS) is 15.7. The van der Waals surface area contributed by atoms with E-state index in [0.717, 1.165) is 0 Å². The first kappa shape index (κ1) is 14.0. The molecule has 1 aliphatic rings. The predicted molar refractivity (Wildman–Crippen MR) is 64.0 cm³/mol. The summed E-state index contributed by atoms with van der Waals surface area (Å²) in [5, 5.41) is 6.13. The van der Waals surface area contributed by atoms with Crippen LogP contribution in [0.25, 0.3) is 0 Å². The minimum absolute atomic E-state index is 0.257. The molecule has 1 amide bonds. The van der Waals surface area contributed by atoms with Crippen LogP contribution in [0.15, 0.2) is 35.4 Å². The zero-order chi connectivity index (χ0) is 14.8. The number of Topliss-reactive ketones (excluding diaryl/α,β-unsaturated/α-hetero) is 1. The number of halogens is 3. The molecule has 2 rings (SSSR count). The largest absolute Gasteiger partial charge is 0.408 e. The number of hydrogen-bond donors (Lipinski definition) is 1. The SMILES string of the molecule is O=C(C1=NN(CC(F)(F)F)C(=O)CN1)c1ccccc1. The number of carbonyl (C=O) groups is 2. The van der Waals surface area contributed by atoms with E-state index >= 15 is 0 Å². The first-order valence-electron chi connectivity index (χ1n) is 5.66. The molecule has 20 heavy (non-hydrogen) atoms. The van der Waals surface area contributed by atoms with Crippen LogP contribution < -0.4 is 5.32 Å². The minimum atomic E-state index is -4.57. The molecule has 0 radical (unpaired) electrons. The van der Waals surface area contributed by atoms with Crippen molar-refractivity contribution < 1.29 is 22.8 Å². The number of benzene rings is 1. The van der Waals surface area contributed by atoms with Gasteiger partial charge in [-0.3, -0.25) is 9.59 Å². The third kappa shape index (κ3) is 3.34. The molecule has 1 N–H and O–H groups in total. The molecule has 1 aromatic carbocycles. The number of hydrazone groups is 1. The van der Waals surface area contributed by atoms with Crippen molar-refractivity contribution in [3.05, 3.63) is 35.9 Å². The van der Waals surface area contributed by atoms with Crippen LogP contribution in [0, 0.1) is 0 Å². The van der Waals surface area contributed by atoms with E-state index in [1.54, 1.807) is 18.2 Å². The molecule has 5 nitrogen and oxygen atoms in total. The Morgan fingerprint density at radius 1 is 1.30 bits per heavy atom. The van der Waals surface area contributed by atoms with Gasteiger partial charge in [0.1, 0.15) is 6.54 Å². The highest BCUT2D eigenvalue weighted by Gasteiger charge is 2.35. The highest BCUT2D eigenvalue weighted by Crippen LogP contribution is 2.17. The number of amidine groups is 1. The second-order valence-corrected chi connectivity index (χ2v) is 4.06. The third-order valence-electron chi connectivity index (χ3n) is 2.50. The van der Waals surface area contributed by atoms with Crippen LogP contribution in [0.3, 0.4) is 0 Å². The maximum absolute atomic E-state index is 12.3. The Labute approximate surface area is 112 Å². The Balaban J connectivity index is 2.21. The summed E-state index contributed by atoms with van der Waals surface area (Å²) in [5.41, 5.74) is 0.278. The van der Waals surface area contributed by atoms with Crippen LogP contribution >= 0.6 is 0 Å². The summed E-state index contributed by atoms with van der Waals surface area (Å²) in [4.78, 5) is 23.3. The summed E-state index contributed by atoms with van der Waals surface area (Å²) in [6.07, 6.45) is -4.57. The Morgan fingerprint density at radius 2 is 1.95 bits per heavy atom. The lowest BCUT2D eigenvalue weighted by molar-refractivity contribution is -0.161. The molecular weight excluding hydrogens is 275 g/mol. The van der Waals surface area contributed by atoms with Crippen molar-refractivity contribution in [1.29, 1.82) is 0 Å². The molecule has 0 atom stereocenters. The molecule has 0 saturated carbocycles. The number of nitrogens with one attached hydrogen (secondary N) is 1. The third-order valence-corrected chi connectivity index (χ3v) is 2.50. The van der Waals surface area contributed by atoms with Gasteiger partial charge in [0.05, 0.1) is 6.54 Å². The van der Waals surface area contributed by atoms with Gasteiger partial charge in [0.2, 0.25) is 5.78 Å². The molecule has 0 spiro atoms. The monoisotopic (exact) mass is 285 g/mol. The Morgan fingerprint density at radius 3 is 2.55 bits per heavy atom. The molecule has 0 saturated heterocycles. The van der Waals surface area contributed by atoms with E-state index in [4.69, 9.17) is 0 Å². The molecule has 0 aromatic heterocycles. The summed E-state index contributed by atoms with van der Waals surface area (Å²) in [6, 6.07) is 7.96. The predicted octanol–water partition coefficient (Wildman–Crippen LogP) is 1.18. The Kier molecular flexibility index (Phi) is 3.73. The molecule has 0 bridgehead atoms. The van der Waals surface area contributed by atoms with Crippen molar-refractivity contribution in [2.45, 2.75) is 6.18 Å². The van der Waals surface area contributed by atoms with Gasteiger partial charge in [0, 0.05) is 5.56 Å². The number of alkyl halides is 3. The summed E-state index contributed by atoms with van der Waals surface area (Å²) >= 11 is 0. The summed E-state index contributed by atoms with van der Waals surface area (Å²) in [7, 11) is 0. The lowest BCUT2D eigenvalue weighted by Gasteiger charge is -2.24. The molecule has 106 valence electrons. The van der Waals surface area contributed by atoms with Crippen LogP contribution in [-0.4, -0.2) is 41.8 Å². The average Bonchev–Trinajstić information content (AvgIpc) is 2.40. The van der Waals surface area contributed by atoms with E-state index in [9.17, 15) is 22.8 Å². The van der Waals surface area contributed by atoms with Gasteiger partial charge in [0.15, 0.2) is 5.84 Å². The molecule has 1 aliphatic heterocycles. The molecular formula is C12H10F3N3O2. The molecule has 1 heterocycles. The quantitative estimate of drug-likeness (QED) is 0.848. The lowest BCUT2D eigenvalue weighted by Crippen LogP contribution is -2.49. The topological polar surface area (TPSA) is 61.8 Å². The number of nitrogens with zero attached hydrogens (tertiary/aromatic N) is 2. The van der Waals surface area contributed by atoms with Gasteiger partial charge in [-0.1, -0.05) is 30.3 Å². The second-order valence-electron chi connectivity index (χ2n) is 4.06. The first-order chi connectivity index (χ1) is 9.37. The van der Waals surface area contributed by atoms with E-state index in [0.29, 0.717) is 0 Å². The van der Waals surface area contributed by atoms with Crippen LogP contribution in [0.4, 0.5) is 13.2 Å². The van der Waals surface area contributed by atoms with Crippen molar-refractivity contribution in [3.63, 3.8) is 0 Å². The zero-order valence-electron chi connectivity index (χ0n) is 10.1. The fourth-order valence-electron chi connectivity index (χ4n) is 1.61. The highest BCUT2D eigenvalue weighted by molar-refractivity contribution is 6.45. The van der Waals surface area contributed by atoms with E-state index in [1.165, 1.54) is 12.1 Å². The average molecular weight is 285 g/mol. The van der Waals surface area contributed by atoms with Crippen molar-refractivity contribution >= 4 is 17.5 Å². The van der Waals surface area contributed by atoms with E-state index < -0.39 is 31.0 Å². The standard InChI is InChI=1S/C12H10F3N3O2/c13-12(14,15)7-18-9(19)6-16-11(17-18)10(20)8-4-2-1-3-5-8/h1-5H,6-7H2,(H,16,17). The second kappa shape index (κ2) is 5.32. The lowest BCUT2D eigenvalue weighted by atomic mass is 10.1. The number of hydrogen-bond acceptors (Lipinski definition) is 4. The van der Waals surface area contributed by atoms with Gasteiger partial charge < -0.3 is 5.32 Å². The first-order valence-corrected chi connectivity index (χ1v) is 5.66. The maximum atomic E-state index is 12.3. The number of ketones is 1. The Hall–Kier alpha value is -2.38. The van der Waals surface area contributed by atoms with Crippen molar-refractivity contribution in [1.82, 2.24) is 10.3 Å². The highest BCUT2D eigenvalue weighted by atomic mass is 19.4. The van der Waals surface area contributed by atoms with Gasteiger partial charge in [-0.25, -0.2) is 5.01 Å². The van der Waals surface area contributed by atoms with E-state index in [2.05, 4.69) is 10.4 Å². The van der Waals surface area contributed by atoms with Crippen LogP contribution in [-0.2, 0) is 4.79 Å². The van der Waals surface area contributed by atoms with Gasteiger partial charge in [-0.05, 0) is 0 Å². The Bertz CT molecular complexity index is 555. The van der Waals surface area contributed by atoms with E-state index in [1.807, 2.05) is 0 Å². The molecule has 0 aliphatic carbocycles. The molecule has 0 fully saturated rings. The summed E-state index contributed by atoms with van der Waals surface area (Å²) in [6.45, 7) is -1.91. The smallest absolute Gasteiger partial charge is 0.356 e. The molecule has 8 heteroatoms. The minimum Gasteiger partial charge on any atom is -0.356 e. The van der Waals surface area contributed by atoms with Crippen molar-refractivity contribution in [2.24, 2.45) is 5.10 Å².